The van der Waals surface area contributed by atoms with E-state index in [4.69, 9.17) is 23.2 Å². The summed E-state index contributed by atoms with van der Waals surface area (Å²) in [5.74, 6) is 4.36. The molecule has 0 unspecified atom stereocenters. The van der Waals surface area contributed by atoms with Gasteiger partial charge in [0.1, 0.15) is 0 Å². The molecule has 0 radical (unpaired) electrons. The van der Waals surface area contributed by atoms with Crippen molar-refractivity contribution >= 4 is 35.0 Å². The topological polar surface area (TPSA) is 43.4 Å². The zero-order valence-electron chi connectivity index (χ0n) is 11.5. The third kappa shape index (κ3) is 6.48. The van der Waals surface area contributed by atoms with Gasteiger partial charge in [0.05, 0.1) is 17.2 Å². The molecule has 1 rings (SSSR count). The molecular weight excluding hydrogens is 311 g/mol. The number of allylic oxidation sites excluding steroid dienone is 2. The van der Waals surface area contributed by atoms with Gasteiger partial charge in [-0.1, -0.05) is 35.2 Å². The van der Waals surface area contributed by atoms with Crippen LogP contribution in [0, 0.1) is 11.8 Å². The largest absolute Gasteiger partial charge is 0.459 e. The van der Waals surface area contributed by atoms with Gasteiger partial charge in [-0.25, -0.2) is 4.79 Å². The molecule has 0 saturated heterocycles. The average molecular weight is 325 g/mol. The van der Waals surface area contributed by atoms with Crippen LogP contribution in [0.15, 0.2) is 30.4 Å². The van der Waals surface area contributed by atoms with Gasteiger partial charge in [-0.15, -0.1) is 0 Å². The fourth-order valence-corrected chi connectivity index (χ4v) is 1.73. The standard InChI is InChI=1S/C16H14Cl2O3/c1-21-16(20)8-6-4-2-3-5-7-15(19)12-9-10-13(17)14(18)11-12/h5,7,9-11H,2-4H2,1H3/b7-5+. The molecule has 0 aliphatic carbocycles. The molecule has 1 aromatic carbocycles. The van der Waals surface area contributed by atoms with E-state index in [1.54, 1.807) is 24.3 Å². The van der Waals surface area contributed by atoms with Crippen LogP contribution in [0.4, 0.5) is 0 Å². The minimum Gasteiger partial charge on any atom is -0.459 e. The van der Waals surface area contributed by atoms with Crippen molar-refractivity contribution in [1.29, 1.82) is 0 Å². The molecule has 0 saturated carbocycles. The fraction of sp³-hybridized carbons (Fsp3) is 0.250. The molecule has 0 N–H and O–H groups in total. The number of hydrogen-bond donors (Lipinski definition) is 0. The molecule has 0 amide bonds. The van der Waals surface area contributed by atoms with Crippen LogP contribution in [-0.4, -0.2) is 18.9 Å². The third-order valence-corrected chi connectivity index (χ3v) is 3.26. The van der Waals surface area contributed by atoms with Crippen molar-refractivity contribution in [3.63, 3.8) is 0 Å². The average Bonchev–Trinajstić information content (AvgIpc) is 2.48. The van der Waals surface area contributed by atoms with Crippen molar-refractivity contribution in [3.8, 4) is 11.8 Å². The molecule has 0 aliphatic heterocycles. The molecule has 3 nitrogen and oxygen atoms in total. The number of esters is 1. The highest BCUT2D eigenvalue weighted by atomic mass is 35.5. The Labute approximate surface area is 133 Å². The summed E-state index contributed by atoms with van der Waals surface area (Å²) in [6.45, 7) is 0. The smallest absolute Gasteiger partial charge is 0.384 e. The number of carbonyl (C=O) groups is 2. The monoisotopic (exact) mass is 324 g/mol. The predicted molar refractivity (Wildman–Crippen MR) is 83.6 cm³/mol. The molecule has 0 spiro atoms. The minimum atomic E-state index is -0.541. The van der Waals surface area contributed by atoms with Gasteiger partial charge in [-0.2, -0.15) is 0 Å². The zero-order chi connectivity index (χ0) is 15.7. The van der Waals surface area contributed by atoms with Crippen LogP contribution in [0.5, 0.6) is 0 Å². The predicted octanol–water partition coefficient (Wildman–Crippen LogP) is 4.08. The second-order valence-corrected chi connectivity index (χ2v) is 4.90. The molecule has 21 heavy (non-hydrogen) atoms. The maximum atomic E-state index is 11.8. The van der Waals surface area contributed by atoms with Crippen molar-refractivity contribution < 1.29 is 14.3 Å². The van der Waals surface area contributed by atoms with Crippen molar-refractivity contribution in [3.05, 3.63) is 46.0 Å². The Bertz CT molecular complexity index is 610. The molecule has 0 bridgehead atoms. The van der Waals surface area contributed by atoms with Crippen molar-refractivity contribution in [2.24, 2.45) is 0 Å². The van der Waals surface area contributed by atoms with Crippen LogP contribution in [0.25, 0.3) is 0 Å². The maximum absolute atomic E-state index is 11.8. The first-order valence-electron chi connectivity index (χ1n) is 6.27. The van der Waals surface area contributed by atoms with Gasteiger partial charge >= 0.3 is 5.97 Å². The lowest BCUT2D eigenvalue weighted by atomic mass is 10.1. The van der Waals surface area contributed by atoms with E-state index in [1.165, 1.54) is 13.2 Å². The highest BCUT2D eigenvalue weighted by Crippen LogP contribution is 2.22. The molecular formula is C16H14Cl2O3. The Morgan fingerprint density at radius 3 is 2.71 bits per heavy atom. The quantitative estimate of drug-likeness (QED) is 0.205. The Balaban J connectivity index is 2.39. The van der Waals surface area contributed by atoms with Crippen LogP contribution in [0.1, 0.15) is 29.6 Å². The highest BCUT2D eigenvalue weighted by molar-refractivity contribution is 6.42. The molecule has 110 valence electrons. The van der Waals surface area contributed by atoms with E-state index < -0.39 is 5.97 Å². The highest BCUT2D eigenvalue weighted by Gasteiger charge is 2.04. The fourth-order valence-electron chi connectivity index (χ4n) is 1.43. The maximum Gasteiger partial charge on any atom is 0.384 e. The molecule has 0 aliphatic rings. The minimum absolute atomic E-state index is 0.130. The summed E-state index contributed by atoms with van der Waals surface area (Å²) < 4.78 is 4.39. The number of hydrogen-bond acceptors (Lipinski definition) is 3. The number of benzene rings is 1. The van der Waals surface area contributed by atoms with E-state index in [0.717, 1.165) is 6.42 Å². The normalized spacial score (nSPS) is 10.0. The zero-order valence-corrected chi connectivity index (χ0v) is 13.0. The number of methoxy groups -OCH3 is 1. The number of unbranched alkanes of at least 4 members (excludes halogenated alkanes) is 2. The van der Waals surface area contributed by atoms with Gasteiger partial charge in [0, 0.05) is 17.9 Å². The summed E-state index contributed by atoms with van der Waals surface area (Å²) in [5.41, 5.74) is 0.492. The number of halogens is 2. The first-order chi connectivity index (χ1) is 10.0. The van der Waals surface area contributed by atoms with E-state index in [9.17, 15) is 9.59 Å². The Morgan fingerprint density at radius 1 is 1.29 bits per heavy atom. The summed E-state index contributed by atoms with van der Waals surface area (Å²) in [6, 6.07) is 4.76. The second kappa shape index (κ2) is 9.23. The van der Waals surface area contributed by atoms with Gasteiger partial charge in [-0.3, -0.25) is 4.79 Å². The van der Waals surface area contributed by atoms with Crippen LogP contribution in [-0.2, 0) is 9.53 Å². The van der Waals surface area contributed by atoms with Gasteiger partial charge in [0.2, 0.25) is 0 Å². The van der Waals surface area contributed by atoms with Gasteiger partial charge in [0.25, 0.3) is 0 Å². The van der Waals surface area contributed by atoms with E-state index in [-0.39, 0.29) is 5.78 Å². The van der Waals surface area contributed by atoms with E-state index >= 15 is 0 Å². The van der Waals surface area contributed by atoms with Crippen LogP contribution < -0.4 is 0 Å². The third-order valence-electron chi connectivity index (χ3n) is 2.52. The lowest BCUT2D eigenvalue weighted by Gasteiger charge is -1.98. The van der Waals surface area contributed by atoms with Crippen molar-refractivity contribution in [2.75, 3.05) is 7.11 Å². The van der Waals surface area contributed by atoms with E-state index in [0.29, 0.717) is 28.5 Å². The summed E-state index contributed by atoms with van der Waals surface area (Å²) in [7, 11) is 1.29. The molecule has 0 aromatic heterocycles. The van der Waals surface area contributed by atoms with Gasteiger partial charge < -0.3 is 4.74 Å². The first-order valence-corrected chi connectivity index (χ1v) is 7.03. The Morgan fingerprint density at radius 2 is 2.05 bits per heavy atom. The van der Waals surface area contributed by atoms with Crippen LogP contribution in [0.3, 0.4) is 0 Å². The summed E-state index contributed by atoms with van der Waals surface area (Å²) in [5, 5.41) is 0.773. The number of ketones is 1. The van der Waals surface area contributed by atoms with Crippen molar-refractivity contribution in [2.45, 2.75) is 19.3 Å². The van der Waals surface area contributed by atoms with Gasteiger partial charge in [-0.05, 0) is 37.1 Å². The van der Waals surface area contributed by atoms with Crippen molar-refractivity contribution in [1.82, 2.24) is 0 Å². The molecule has 5 heteroatoms. The second-order valence-electron chi connectivity index (χ2n) is 4.08. The number of ether oxygens (including phenoxy) is 1. The molecule has 0 fully saturated rings. The van der Waals surface area contributed by atoms with Crippen LogP contribution >= 0.6 is 23.2 Å². The summed E-state index contributed by atoms with van der Waals surface area (Å²) >= 11 is 11.6. The van der Waals surface area contributed by atoms with Crippen LogP contribution in [0.2, 0.25) is 10.0 Å². The number of rotatable bonds is 5. The van der Waals surface area contributed by atoms with E-state index in [2.05, 4.69) is 16.6 Å². The SMILES string of the molecule is COC(=O)C#CCCC/C=C/C(=O)c1ccc(Cl)c(Cl)c1. The molecule has 0 heterocycles. The first kappa shape index (κ1) is 17.3. The van der Waals surface area contributed by atoms with E-state index in [1.807, 2.05) is 0 Å². The summed E-state index contributed by atoms with van der Waals surface area (Å²) in [4.78, 5) is 22.6. The summed E-state index contributed by atoms with van der Waals surface area (Å²) in [6.07, 6.45) is 5.29. The lowest BCUT2D eigenvalue weighted by molar-refractivity contribution is -0.133. The Kier molecular flexibility index (Phi) is 7.60. The lowest BCUT2D eigenvalue weighted by Crippen LogP contribution is -1.94. The Hall–Kier alpha value is -1.76. The molecule has 1 aromatic rings. The molecule has 0 atom stereocenters. The van der Waals surface area contributed by atoms with Gasteiger partial charge in [0.15, 0.2) is 5.78 Å². The number of carbonyl (C=O) groups excluding carboxylic acids is 2.